The van der Waals surface area contributed by atoms with E-state index in [-0.39, 0.29) is 0 Å². The monoisotopic (exact) mass is 134 g/mol. The average Bonchev–Trinajstić information content (AvgIpc) is 2.31. The molecule has 52 valence electrons. The Hall–Kier alpha value is -1.23. The molecule has 2 nitrogen and oxygen atoms in total. The fraction of sp³-hybridized carbons (Fsp3) is 0.375. The summed E-state index contributed by atoms with van der Waals surface area (Å²) >= 11 is 0. The van der Waals surface area contributed by atoms with Crippen LogP contribution in [-0.4, -0.2) is 9.55 Å². The maximum atomic E-state index is 5.10. The standard InChI is InChI=1S/C8H10N2/c1-3-4-5-8-6-10(2)7-9-8/h1,6-7H,4-5H2,2H3. The van der Waals surface area contributed by atoms with Crippen LogP contribution in [0.5, 0.6) is 0 Å². The predicted molar refractivity (Wildman–Crippen MR) is 40.4 cm³/mol. The van der Waals surface area contributed by atoms with E-state index in [1.807, 2.05) is 17.8 Å². The lowest BCUT2D eigenvalue weighted by Gasteiger charge is -1.86. The van der Waals surface area contributed by atoms with Crippen molar-refractivity contribution < 1.29 is 0 Å². The summed E-state index contributed by atoms with van der Waals surface area (Å²) in [5.41, 5.74) is 1.07. The van der Waals surface area contributed by atoms with Gasteiger partial charge in [0.05, 0.1) is 12.0 Å². The van der Waals surface area contributed by atoms with Crippen LogP contribution < -0.4 is 0 Å². The van der Waals surface area contributed by atoms with Crippen molar-refractivity contribution >= 4 is 0 Å². The molecule has 0 bridgehead atoms. The Balaban J connectivity index is 2.52. The van der Waals surface area contributed by atoms with Crippen molar-refractivity contribution in [2.45, 2.75) is 12.8 Å². The van der Waals surface area contributed by atoms with Gasteiger partial charge in [-0.25, -0.2) is 4.98 Å². The van der Waals surface area contributed by atoms with Crippen LogP contribution in [0.15, 0.2) is 12.5 Å². The van der Waals surface area contributed by atoms with Gasteiger partial charge in [0, 0.05) is 26.1 Å². The fourth-order valence-corrected chi connectivity index (χ4v) is 0.796. The molecule has 0 aliphatic rings. The largest absolute Gasteiger partial charge is 0.340 e. The Bertz CT molecular complexity index is 242. The molecule has 0 N–H and O–H groups in total. The molecule has 2 heteroatoms. The molecule has 1 aromatic heterocycles. The zero-order valence-electron chi connectivity index (χ0n) is 6.04. The molecule has 0 amide bonds. The van der Waals surface area contributed by atoms with E-state index in [0.717, 1.165) is 18.5 Å². The van der Waals surface area contributed by atoms with Gasteiger partial charge in [0.2, 0.25) is 0 Å². The molecule has 0 spiro atoms. The lowest BCUT2D eigenvalue weighted by molar-refractivity contribution is 0.910. The van der Waals surface area contributed by atoms with Crippen molar-refractivity contribution in [3.8, 4) is 12.3 Å². The highest BCUT2D eigenvalue weighted by molar-refractivity contribution is 4.99. The number of aromatic nitrogens is 2. The minimum Gasteiger partial charge on any atom is -0.340 e. The number of hydrogen-bond acceptors (Lipinski definition) is 1. The molecule has 0 aliphatic heterocycles. The Morgan fingerprint density at radius 2 is 2.60 bits per heavy atom. The van der Waals surface area contributed by atoms with Gasteiger partial charge in [-0.1, -0.05) is 0 Å². The molecule has 0 saturated carbocycles. The number of aryl methyl sites for hydroxylation is 2. The van der Waals surface area contributed by atoms with Gasteiger partial charge >= 0.3 is 0 Å². The zero-order valence-corrected chi connectivity index (χ0v) is 6.04. The number of hydrogen-bond donors (Lipinski definition) is 0. The van der Waals surface area contributed by atoms with Gasteiger partial charge < -0.3 is 4.57 Å². The average molecular weight is 134 g/mol. The van der Waals surface area contributed by atoms with Crippen LogP contribution >= 0.6 is 0 Å². The van der Waals surface area contributed by atoms with Crippen LogP contribution in [0.25, 0.3) is 0 Å². The summed E-state index contributed by atoms with van der Waals surface area (Å²) in [6.07, 6.45) is 10.5. The van der Waals surface area contributed by atoms with Crippen molar-refractivity contribution in [1.29, 1.82) is 0 Å². The van der Waals surface area contributed by atoms with Gasteiger partial charge in [-0.05, 0) is 0 Å². The molecule has 0 aromatic carbocycles. The van der Waals surface area contributed by atoms with Crippen LogP contribution in [0, 0.1) is 12.3 Å². The Labute approximate surface area is 60.9 Å². The molecular weight excluding hydrogens is 124 g/mol. The van der Waals surface area contributed by atoms with Gasteiger partial charge in [-0.2, -0.15) is 0 Å². The lowest BCUT2D eigenvalue weighted by Crippen LogP contribution is -1.82. The number of nitrogens with zero attached hydrogens (tertiary/aromatic N) is 2. The van der Waals surface area contributed by atoms with Crippen LogP contribution in [0.3, 0.4) is 0 Å². The Morgan fingerprint density at radius 3 is 3.10 bits per heavy atom. The van der Waals surface area contributed by atoms with Crippen molar-refractivity contribution in [1.82, 2.24) is 9.55 Å². The summed E-state index contributed by atoms with van der Waals surface area (Å²) in [5.74, 6) is 2.58. The first-order valence-electron chi connectivity index (χ1n) is 3.23. The summed E-state index contributed by atoms with van der Waals surface area (Å²) in [4.78, 5) is 4.12. The van der Waals surface area contributed by atoms with Gasteiger partial charge in [-0.3, -0.25) is 0 Å². The minimum atomic E-state index is 0.775. The molecule has 0 fully saturated rings. The third-order valence-corrected chi connectivity index (χ3v) is 1.28. The molecule has 0 radical (unpaired) electrons. The maximum Gasteiger partial charge on any atom is 0.0946 e. The molecule has 0 atom stereocenters. The van der Waals surface area contributed by atoms with Gasteiger partial charge in [0.1, 0.15) is 0 Å². The summed E-state index contributed by atoms with van der Waals surface area (Å²) in [6, 6.07) is 0. The van der Waals surface area contributed by atoms with E-state index in [4.69, 9.17) is 6.42 Å². The van der Waals surface area contributed by atoms with E-state index >= 15 is 0 Å². The van der Waals surface area contributed by atoms with Gasteiger partial charge in [0.25, 0.3) is 0 Å². The zero-order chi connectivity index (χ0) is 7.40. The quantitative estimate of drug-likeness (QED) is 0.551. The first-order chi connectivity index (χ1) is 4.83. The molecular formula is C8H10N2. The summed E-state index contributed by atoms with van der Waals surface area (Å²) in [7, 11) is 1.95. The molecule has 1 rings (SSSR count). The van der Waals surface area contributed by atoms with Crippen molar-refractivity contribution in [2.75, 3.05) is 0 Å². The molecule has 0 saturated heterocycles. The van der Waals surface area contributed by atoms with Crippen molar-refractivity contribution in [3.05, 3.63) is 18.2 Å². The van der Waals surface area contributed by atoms with E-state index in [9.17, 15) is 0 Å². The number of imidazole rings is 1. The fourth-order valence-electron chi connectivity index (χ4n) is 0.796. The predicted octanol–water partition coefficient (Wildman–Crippen LogP) is 0.986. The molecule has 0 unspecified atom stereocenters. The highest BCUT2D eigenvalue weighted by Gasteiger charge is 1.92. The molecule has 0 aliphatic carbocycles. The second-order valence-electron chi connectivity index (χ2n) is 2.23. The first-order valence-corrected chi connectivity index (χ1v) is 3.23. The smallest absolute Gasteiger partial charge is 0.0946 e. The Morgan fingerprint density at radius 1 is 1.80 bits per heavy atom. The second-order valence-corrected chi connectivity index (χ2v) is 2.23. The first kappa shape index (κ1) is 6.88. The van der Waals surface area contributed by atoms with Crippen LogP contribution in [0.1, 0.15) is 12.1 Å². The van der Waals surface area contributed by atoms with E-state index in [2.05, 4.69) is 10.9 Å². The van der Waals surface area contributed by atoms with Crippen molar-refractivity contribution in [2.24, 2.45) is 7.05 Å². The Kier molecular flexibility index (Phi) is 2.11. The number of rotatable bonds is 2. The van der Waals surface area contributed by atoms with Crippen LogP contribution in [0.2, 0.25) is 0 Å². The third kappa shape index (κ3) is 1.63. The van der Waals surface area contributed by atoms with E-state index in [0.29, 0.717) is 0 Å². The number of terminal acetylenes is 1. The van der Waals surface area contributed by atoms with Crippen molar-refractivity contribution in [3.63, 3.8) is 0 Å². The van der Waals surface area contributed by atoms with E-state index < -0.39 is 0 Å². The molecule has 1 aromatic rings. The lowest BCUT2D eigenvalue weighted by atomic mass is 10.3. The second kappa shape index (κ2) is 3.07. The van der Waals surface area contributed by atoms with Gasteiger partial charge in [0.15, 0.2) is 0 Å². The highest BCUT2D eigenvalue weighted by Crippen LogP contribution is 1.96. The molecule has 1 heterocycles. The maximum absolute atomic E-state index is 5.10. The summed E-state index contributed by atoms with van der Waals surface area (Å²) in [5, 5.41) is 0. The molecule has 10 heavy (non-hydrogen) atoms. The minimum absolute atomic E-state index is 0.775. The SMILES string of the molecule is C#CCCc1cn(C)cn1. The highest BCUT2D eigenvalue weighted by atomic mass is 15.0. The van der Waals surface area contributed by atoms with E-state index in [1.54, 1.807) is 6.33 Å². The van der Waals surface area contributed by atoms with Gasteiger partial charge in [-0.15, -0.1) is 12.3 Å². The third-order valence-electron chi connectivity index (χ3n) is 1.28. The van der Waals surface area contributed by atoms with Crippen LogP contribution in [0.4, 0.5) is 0 Å². The normalized spacial score (nSPS) is 9.20. The van der Waals surface area contributed by atoms with Crippen LogP contribution in [-0.2, 0) is 13.5 Å². The summed E-state index contributed by atoms with van der Waals surface area (Å²) < 4.78 is 1.92. The summed E-state index contributed by atoms with van der Waals surface area (Å²) in [6.45, 7) is 0. The topological polar surface area (TPSA) is 17.8 Å². The van der Waals surface area contributed by atoms with E-state index in [1.165, 1.54) is 0 Å².